The van der Waals surface area contributed by atoms with Crippen LogP contribution in [0.15, 0.2) is 30.3 Å². The number of benzene rings is 1. The van der Waals surface area contributed by atoms with Crippen molar-refractivity contribution in [2.75, 3.05) is 36.5 Å². The summed E-state index contributed by atoms with van der Waals surface area (Å²) in [5.74, 6) is 0.378. The van der Waals surface area contributed by atoms with Gasteiger partial charge in [-0.2, -0.15) is 0 Å². The molecule has 2 heterocycles. The lowest BCUT2D eigenvalue weighted by Crippen LogP contribution is -2.32. The highest BCUT2D eigenvalue weighted by Gasteiger charge is 2.17. The average Bonchev–Trinajstić information content (AvgIpc) is 3.23. The van der Waals surface area contributed by atoms with Crippen molar-refractivity contribution in [1.29, 1.82) is 0 Å². The van der Waals surface area contributed by atoms with Crippen LogP contribution in [0.3, 0.4) is 0 Å². The van der Waals surface area contributed by atoms with Gasteiger partial charge in [0.05, 0.1) is 6.10 Å². The summed E-state index contributed by atoms with van der Waals surface area (Å²) in [7, 11) is 0. The van der Waals surface area contributed by atoms with Gasteiger partial charge in [-0.05, 0) is 69.5 Å². The minimum atomic E-state index is -0.227. The van der Waals surface area contributed by atoms with Crippen LogP contribution in [0.2, 0.25) is 0 Å². The van der Waals surface area contributed by atoms with Crippen molar-refractivity contribution in [3.8, 4) is 0 Å². The van der Waals surface area contributed by atoms with E-state index in [0.717, 1.165) is 43.8 Å². The zero-order chi connectivity index (χ0) is 19.9. The van der Waals surface area contributed by atoms with Gasteiger partial charge in [0.25, 0.3) is 5.91 Å². The number of aryl methyl sites for hydroxylation is 1. The molecule has 1 fully saturated rings. The molecule has 1 aromatic carbocycles. The average molecular weight is 383 g/mol. The van der Waals surface area contributed by atoms with Crippen LogP contribution in [0, 0.1) is 6.92 Å². The van der Waals surface area contributed by atoms with E-state index in [2.05, 4.69) is 58.6 Å². The van der Waals surface area contributed by atoms with Crippen molar-refractivity contribution in [3.63, 3.8) is 0 Å². The van der Waals surface area contributed by atoms with E-state index in [9.17, 15) is 4.79 Å². The normalized spacial score (nSPS) is 16.0. The highest BCUT2D eigenvalue weighted by Crippen LogP contribution is 2.24. The van der Waals surface area contributed by atoms with Crippen LogP contribution in [0.25, 0.3) is 0 Å². The molecule has 28 heavy (non-hydrogen) atoms. The molecule has 7 nitrogen and oxygen atoms in total. The third-order valence-electron chi connectivity index (χ3n) is 5.01. The van der Waals surface area contributed by atoms with Gasteiger partial charge in [0.2, 0.25) is 0 Å². The van der Waals surface area contributed by atoms with Gasteiger partial charge >= 0.3 is 0 Å². The first kappa shape index (κ1) is 20.1. The Morgan fingerprint density at radius 1 is 1.21 bits per heavy atom. The maximum absolute atomic E-state index is 12.2. The summed E-state index contributed by atoms with van der Waals surface area (Å²) >= 11 is 0. The molecule has 0 aliphatic carbocycles. The highest BCUT2D eigenvalue weighted by atomic mass is 16.5. The van der Waals surface area contributed by atoms with Gasteiger partial charge in [-0.25, -0.2) is 0 Å². The Bertz CT molecular complexity index is 784. The van der Waals surface area contributed by atoms with Gasteiger partial charge in [-0.15, -0.1) is 10.2 Å². The maximum Gasteiger partial charge on any atom is 0.271 e. The first-order chi connectivity index (χ1) is 13.6. The second kappa shape index (κ2) is 9.50. The van der Waals surface area contributed by atoms with Gasteiger partial charge < -0.3 is 20.3 Å². The summed E-state index contributed by atoms with van der Waals surface area (Å²) < 4.78 is 5.51. The van der Waals surface area contributed by atoms with Gasteiger partial charge in [0.15, 0.2) is 11.5 Å². The molecule has 0 saturated carbocycles. The topological polar surface area (TPSA) is 79.4 Å². The van der Waals surface area contributed by atoms with E-state index in [-0.39, 0.29) is 12.0 Å². The fraction of sp³-hybridized carbons (Fsp3) is 0.476. The Morgan fingerprint density at radius 3 is 2.64 bits per heavy atom. The van der Waals surface area contributed by atoms with Gasteiger partial charge in [-0.1, -0.05) is 0 Å². The predicted octanol–water partition coefficient (Wildman–Crippen LogP) is 3.28. The summed E-state index contributed by atoms with van der Waals surface area (Å²) in [6, 6.07) is 9.76. The Labute approximate surface area is 166 Å². The quantitative estimate of drug-likeness (QED) is 0.728. The Kier molecular flexibility index (Phi) is 6.81. The minimum Gasteiger partial charge on any atom is -0.376 e. The number of rotatable bonds is 8. The molecule has 0 spiro atoms. The van der Waals surface area contributed by atoms with Crippen LogP contribution in [0.5, 0.6) is 0 Å². The molecule has 1 aliphatic rings. The molecule has 0 radical (unpaired) electrons. The number of amides is 1. The van der Waals surface area contributed by atoms with E-state index in [1.165, 1.54) is 5.69 Å². The molecule has 1 unspecified atom stereocenters. The van der Waals surface area contributed by atoms with Crippen molar-refractivity contribution in [3.05, 3.63) is 41.6 Å². The molecule has 3 rings (SSSR count). The number of hydrogen-bond donors (Lipinski definition) is 2. The molecule has 2 N–H and O–H groups in total. The van der Waals surface area contributed by atoms with Gasteiger partial charge in [-0.3, -0.25) is 4.79 Å². The monoisotopic (exact) mass is 383 g/mol. The third kappa shape index (κ3) is 4.98. The van der Waals surface area contributed by atoms with Crippen molar-refractivity contribution >= 4 is 23.1 Å². The standard InChI is InChI=1S/C21H29N5O2/c1-4-26(5-2)16-8-9-18(15(3)13-16)23-20-11-10-19(24-25-20)21(27)22-14-17-7-6-12-28-17/h8-11,13,17H,4-7,12,14H2,1-3H3,(H,22,27)(H,23,25). The lowest BCUT2D eigenvalue weighted by molar-refractivity contribution is 0.0853. The number of hydrogen-bond acceptors (Lipinski definition) is 6. The Balaban J connectivity index is 1.59. The van der Waals surface area contributed by atoms with Crippen LogP contribution >= 0.6 is 0 Å². The van der Waals surface area contributed by atoms with Crippen molar-refractivity contribution < 1.29 is 9.53 Å². The number of nitrogens with one attached hydrogen (secondary N) is 2. The van der Waals surface area contributed by atoms with Crippen LogP contribution in [-0.2, 0) is 4.74 Å². The molecule has 0 bridgehead atoms. The molecule has 1 saturated heterocycles. The van der Waals surface area contributed by atoms with Crippen molar-refractivity contribution in [2.24, 2.45) is 0 Å². The second-order valence-electron chi connectivity index (χ2n) is 6.95. The Morgan fingerprint density at radius 2 is 2.04 bits per heavy atom. The molecular weight excluding hydrogens is 354 g/mol. The zero-order valence-corrected chi connectivity index (χ0v) is 16.9. The smallest absolute Gasteiger partial charge is 0.271 e. The van der Waals surface area contributed by atoms with E-state index in [0.29, 0.717) is 18.1 Å². The summed E-state index contributed by atoms with van der Waals surface area (Å²) in [6.07, 6.45) is 2.15. The number of carbonyl (C=O) groups excluding carboxylic acids is 1. The molecular formula is C21H29N5O2. The van der Waals surface area contributed by atoms with Crippen molar-refractivity contribution in [2.45, 2.75) is 39.7 Å². The van der Waals surface area contributed by atoms with Crippen LogP contribution in [0.4, 0.5) is 17.2 Å². The molecule has 1 aliphatic heterocycles. The van der Waals surface area contributed by atoms with E-state index in [4.69, 9.17) is 4.74 Å². The molecule has 1 amide bonds. The second-order valence-corrected chi connectivity index (χ2v) is 6.95. The SMILES string of the molecule is CCN(CC)c1ccc(Nc2ccc(C(=O)NCC3CCCO3)nn2)c(C)c1. The Hall–Kier alpha value is -2.67. The molecule has 1 aromatic heterocycles. The maximum atomic E-state index is 12.2. The highest BCUT2D eigenvalue weighted by molar-refractivity contribution is 5.92. The summed E-state index contributed by atoms with van der Waals surface area (Å²) in [4.78, 5) is 14.5. The van der Waals surface area contributed by atoms with E-state index >= 15 is 0 Å². The first-order valence-electron chi connectivity index (χ1n) is 9.96. The molecule has 1 atom stereocenters. The van der Waals surface area contributed by atoms with E-state index in [1.54, 1.807) is 12.1 Å². The summed E-state index contributed by atoms with van der Waals surface area (Å²) in [5, 5.41) is 14.3. The van der Waals surface area contributed by atoms with Gasteiger partial charge in [0.1, 0.15) is 0 Å². The molecule has 150 valence electrons. The number of anilines is 3. The number of aromatic nitrogens is 2. The fourth-order valence-electron chi connectivity index (χ4n) is 3.33. The largest absolute Gasteiger partial charge is 0.376 e. The molecule has 7 heteroatoms. The third-order valence-corrected chi connectivity index (χ3v) is 5.01. The lowest BCUT2D eigenvalue weighted by Gasteiger charge is -2.22. The lowest BCUT2D eigenvalue weighted by atomic mass is 10.1. The molecule has 2 aromatic rings. The number of ether oxygens (including phenoxy) is 1. The minimum absolute atomic E-state index is 0.111. The summed E-state index contributed by atoms with van der Waals surface area (Å²) in [5.41, 5.74) is 3.61. The number of carbonyl (C=O) groups is 1. The van der Waals surface area contributed by atoms with E-state index < -0.39 is 0 Å². The van der Waals surface area contributed by atoms with E-state index in [1.807, 2.05) is 6.07 Å². The zero-order valence-electron chi connectivity index (χ0n) is 16.9. The van der Waals surface area contributed by atoms with Crippen molar-refractivity contribution in [1.82, 2.24) is 15.5 Å². The van der Waals surface area contributed by atoms with Crippen LogP contribution in [0.1, 0.15) is 42.7 Å². The predicted molar refractivity (Wildman–Crippen MR) is 111 cm³/mol. The van der Waals surface area contributed by atoms with Gasteiger partial charge in [0, 0.05) is 37.6 Å². The fourth-order valence-corrected chi connectivity index (χ4v) is 3.33. The van der Waals surface area contributed by atoms with Crippen LogP contribution < -0.4 is 15.5 Å². The van der Waals surface area contributed by atoms with Crippen LogP contribution in [-0.4, -0.2) is 48.4 Å². The first-order valence-corrected chi connectivity index (χ1v) is 9.96. The summed E-state index contributed by atoms with van der Waals surface area (Å²) in [6.45, 7) is 9.61. The number of nitrogens with zero attached hydrogens (tertiary/aromatic N) is 3.